The zero-order valence-electron chi connectivity index (χ0n) is 10.9. The van der Waals surface area contributed by atoms with Crippen molar-refractivity contribution in [3.05, 3.63) is 45.9 Å². The summed E-state index contributed by atoms with van der Waals surface area (Å²) in [5.41, 5.74) is 0.627. The molecule has 0 bridgehead atoms. The molecule has 2 rings (SSSR count). The van der Waals surface area contributed by atoms with Crippen molar-refractivity contribution in [2.24, 2.45) is 0 Å². The lowest BCUT2D eigenvalue weighted by Gasteiger charge is -2.11. The summed E-state index contributed by atoms with van der Waals surface area (Å²) < 4.78 is 0. The molecule has 2 aromatic rings. The summed E-state index contributed by atoms with van der Waals surface area (Å²) in [6.07, 6.45) is 1.97. The van der Waals surface area contributed by atoms with Crippen LogP contribution in [0.15, 0.2) is 30.5 Å². The molecule has 0 aliphatic carbocycles. The third-order valence-corrected chi connectivity index (χ3v) is 3.83. The van der Waals surface area contributed by atoms with Crippen molar-refractivity contribution in [3.63, 3.8) is 0 Å². The van der Waals surface area contributed by atoms with Gasteiger partial charge >= 0.3 is 0 Å². The molecular formula is C14H16N2O2S. The van der Waals surface area contributed by atoms with Crippen molar-refractivity contribution < 1.29 is 9.90 Å². The lowest BCUT2D eigenvalue weighted by molar-refractivity contribution is -0.121. The molecule has 1 unspecified atom stereocenters. The fourth-order valence-electron chi connectivity index (χ4n) is 1.76. The van der Waals surface area contributed by atoms with Crippen LogP contribution < -0.4 is 5.32 Å². The van der Waals surface area contributed by atoms with Crippen LogP contribution in [-0.2, 0) is 11.2 Å². The standard InChI is InChI=1S/C14H16N2O2S/c1-9-8-15-14(19-9)10(2)16-13(18)7-11-5-3-4-6-12(11)17/h3-6,8,10,17H,7H2,1-2H3,(H,16,18). The van der Waals surface area contributed by atoms with E-state index in [1.807, 2.05) is 13.8 Å². The smallest absolute Gasteiger partial charge is 0.225 e. The number of hydrogen-bond acceptors (Lipinski definition) is 4. The number of carbonyl (C=O) groups is 1. The van der Waals surface area contributed by atoms with Gasteiger partial charge in [0.2, 0.25) is 5.91 Å². The van der Waals surface area contributed by atoms with Crippen molar-refractivity contribution in [1.29, 1.82) is 0 Å². The number of carbonyl (C=O) groups excluding carboxylic acids is 1. The minimum atomic E-state index is -0.123. The molecule has 4 nitrogen and oxygen atoms in total. The van der Waals surface area contributed by atoms with Crippen LogP contribution in [0.1, 0.15) is 28.4 Å². The van der Waals surface area contributed by atoms with Gasteiger partial charge in [0.15, 0.2) is 0 Å². The van der Waals surface area contributed by atoms with E-state index in [1.165, 1.54) is 0 Å². The van der Waals surface area contributed by atoms with E-state index in [4.69, 9.17) is 0 Å². The van der Waals surface area contributed by atoms with Crippen molar-refractivity contribution >= 4 is 17.2 Å². The highest BCUT2D eigenvalue weighted by atomic mass is 32.1. The molecule has 1 atom stereocenters. The Balaban J connectivity index is 1.96. The first-order valence-corrected chi connectivity index (χ1v) is 6.86. The van der Waals surface area contributed by atoms with Gasteiger partial charge in [-0.05, 0) is 19.9 Å². The number of amides is 1. The normalized spacial score (nSPS) is 12.1. The topological polar surface area (TPSA) is 62.2 Å². The highest BCUT2D eigenvalue weighted by Gasteiger charge is 2.14. The zero-order valence-corrected chi connectivity index (χ0v) is 11.7. The van der Waals surface area contributed by atoms with Crippen LogP contribution in [0.3, 0.4) is 0 Å². The maximum absolute atomic E-state index is 11.9. The lowest BCUT2D eigenvalue weighted by Crippen LogP contribution is -2.28. The predicted octanol–water partition coefficient (Wildman–Crippen LogP) is 2.58. The van der Waals surface area contributed by atoms with Crippen molar-refractivity contribution in [3.8, 4) is 5.75 Å². The van der Waals surface area contributed by atoms with Gasteiger partial charge in [-0.2, -0.15) is 0 Å². The van der Waals surface area contributed by atoms with Crippen molar-refractivity contribution in [2.45, 2.75) is 26.3 Å². The zero-order chi connectivity index (χ0) is 13.8. The van der Waals surface area contributed by atoms with Crippen LogP contribution in [0, 0.1) is 6.92 Å². The molecule has 1 aromatic heterocycles. The van der Waals surface area contributed by atoms with E-state index >= 15 is 0 Å². The third-order valence-electron chi connectivity index (χ3n) is 2.73. The number of aromatic hydroxyl groups is 1. The second-order valence-corrected chi connectivity index (χ2v) is 5.67. The van der Waals surface area contributed by atoms with Gasteiger partial charge in [0.05, 0.1) is 12.5 Å². The second-order valence-electron chi connectivity index (χ2n) is 4.40. The molecule has 2 N–H and O–H groups in total. The van der Waals surface area contributed by atoms with Crippen LogP contribution >= 0.6 is 11.3 Å². The van der Waals surface area contributed by atoms with Crippen molar-refractivity contribution in [2.75, 3.05) is 0 Å². The average molecular weight is 276 g/mol. The SMILES string of the molecule is Cc1cnc(C(C)NC(=O)Cc2ccccc2O)s1. The number of rotatable bonds is 4. The Kier molecular flexibility index (Phi) is 4.16. The fourth-order valence-corrected chi connectivity index (χ4v) is 2.54. The number of phenolic OH excluding ortho intramolecular Hbond substituents is 1. The summed E-state index contributed by atoms with van der Waals surface area (Å²) in [5, 5.41) is 13.4. The van der Waals surface area contributed by atoms with Crippen LogP contribution in [0.4, 0.5) is 0 Å². The van der Waals surface area contributed by atoms with Gasteiger partial charge in [-0.25, -0.2) is 4.98 Å². The summed E-state index contributed by atoms with van der Waals surface area (Å²) in [5.74, 6) is 0.0252. The Bertz CT molecular complexity index is 580. The molecule has 1 aromatic carbocycles. The van der Waals surface area contributed by atoms with E-state index in [0.717, 1.165) is 9.88 Å². The molecule has 0 saturated heterocycles. The molecule has 1 heterocycles. The Morgan fingerprint density at radius 2 is 2.21 bits per heavy atom. The highest BCUT2D eigenvalue weighted by molar-refractivity contribution is 7.11. The average Bonchev–Trinajstić information content (AvgIpc) is 2.79. The number of phenols is 1. The van der Waals surface area contributed by atoms with Gasteiger partial charge in [0, 0.05) is 16.6 Å². The first-order valence-electron chi connectivity index (χ1n) is 6.05. The number of nitrogens with zero attached hydrogens (tertiary/aromatic N) is 1. The molecule has 0 radical (unpaired) electrons. The number of aryl methyl sites for hydroxylation is 1. The molecule has 100 valence electrons. The Labute approximate surface area is 116 Å². The van der Waals surface area contributed by atoms with Crippen LogP contribution in [-0.4, -0.2) is 16.0 Å². The van der Waals surface area contributed by atoms with Crippen molar-refractivity contribution in [1.82, 2.24) is 10.3 Å². The van der Waals surface area contributed by atoms with Gasteiger partial charge in [-0.3, -0.25) is 4.79 Å². The maximum Gasteiger partial charge on any atom is 0.225 e. The summed E-state index contributed by atoms with van der Waals surface area (Å²) in [7, 11) is 0. The monoisotopic (exact) mass is 276 g/mol. The third kappa shape index (κ3) is 3.54. The van der Waals surface area contributed by atoms with E-state index in [9.17, 15) is 9.90 Å². The number of aromatic nitrogens is 1. The molecule has 0 saturated carbocycles. The van der Waals surface area contributed by atoms with Crippen LogP contribution in [0.2, 0.25) is 0 Å². The molecule has 0 aliphatic heterocycles. The predicted molar refractivity (Wildman–Crippen MR) is 75.2 cm³/mol. The highest BCUT2D eigenvalue weighted by Crippen LogP contribution is 2.20. The first kappa shape index (κ1) is 13.5. The molecular weight excluding hydrogens is 260 g/mol. The van der Waals surface area contributed by atoms with E-state index in [-0.39, 0.29) is 24.1 Å². The largest absolute Gasteiger partial charge is 0.508 e. The molecule has 5 heteroatoms. The summed E-state index contributed by atoms with van der Waals surface area (Å²) in [6, 6.07) is 6.74. The molecule has 1 amide bonds. The Morgan fingerprint density at radius 1 is 1.47 bits per heavy atom. The quantitative estimate of drug-likeness (QED) is 0.902. The van der Waals surface area contributed by atoms with E-state index in [0.29, 0.717) is 5.56 Å². The number of para-hydroxylation sites is 1. The van der Waals surface area contributed by atoms with Crippen LogP contribution in [0.5, 0.6) is 5.75 Å². The van der Waals surface area contributed by atoms with Gasteiger partial charge in [-0.1, -0.05) is 18.2 Å². The summed E-state index contributed by atoms with van der Waals surface area (Å²) in [4.78, 5) is 17.3. The molecule has 0 aliphatic rings. The fraction of sp³-hybridized carbons (Fsp3) is 0.286. The minimum absolute atomic E-state index is 0.114. The lowest BCUT2D eigenvalue weighted by atomic mass is 10.1. The van der Waals surface area contributed by atoms with Gasteiger partial charge in [0.1, 0.15) is 10.8 Å². The second kappa shape index (κ2) is 5.84. The van der Waals surface area contributed by atoms with E-state index in [2.05, 4.69) is 10.3 Å². The summed E-state index contributed by atoms with van der Waals surface area (Å²) >= 11 is 1.57. The Morgan fingerprint density at radius 3 is 2.84 bits per heavy atom. The van der Waals surface area contributed by atoms with Gasteiger partial charge in [-0.15, -0.1) is 11.3 Å². The van der Waals surface area contributed by atoms with Gasteiger partial charge in [0.25, 0.3) is 0 Å². The maximum atomic E-state index is 11.9. The van der Waals surface area contributed by atoms with E-state index in [1.54, 1.807) is 41.8 Å². The number of nitrogens with one attached hydrogen (secondary N) is 1. The molecule has 0 spiro atoms. The number of benzene rings is 1. The van der Waals surface area contributed by atoms with Crippen LogP contribution in [0.25, 0.3) is 0 Å². The van der Waals surface area contributed by atoms with Gasteiger partial charge < -0.3 is 10.4 Å². The first-order chi connectivity index (χ1) is 9.06. The number of thiazole rings is 1. The minimum Gasteiger partial charge on any atom is -0.508 e. The summed E-state index contributed by atoms with van der Waals surface area (Å²) in [6.45, 7) is 3.89. The number of hydrogen-bond donors (Lipinski definition) is 2. The Hall–Kier alpha value is -1.88. The molecule has 19 heavy (non-hydrogen) atoms. The van der Waals surface area contributed by atoms with E-state index < -0.39 is 0 Å². The molecule has 0 fully saturated rings.